The molecule has 0 bridgehead atoms. The van der Waals surface area contributed by atoms with Crippen LogP contribution in [0.5, 0.6) is 0 Å². The van der Waals surface area contributed by atoms with Crippen molar-refractivity contribution in [3.05, 3.63) is 40.1 Å². The molecule has 0 aliphatic heterocycles. The van der Waals surface area contributed by atoms with Crippen molar-refractivity contribution in [2.75, 3.05) is 5.73 Å². The Morgan fingerprint density at radius 2 is 2.21 bits per heavy atom. The molecule has 0 fully saturated rings. The largest absolute Gasteiger partial charge is 0.375 e. The molecule has 2 heterocycles. The van der Waals surface area contributed by atoms with E-state index in [0.717, 1.165) is 29.1 Å². The summed E-state index contributed by atoms with van der Waals surface area (Å²) in [7, 11) is 0. The first-order chi connectivity index (χ1) is 9.17. The number of aryl methyl sites for hydroxylation is 1. The van der Waals surface area contributed by atoms with Crippen molar-refractivity contribution < 1.29 is 0 Å². The molecule has 3 rings (SSSR count). The van der Waals surface area contributed by atoms with Crippen LogP contribution in [0, 0.1) is 0 Å². The van der Waals surface area contributed by atoms with E-state index in [1.54, 1.807) is 0 Å². The van der Waals surface area contributed by atoms with Crippen LogP contribution in [-0.4, -0.2) is 14.5 Å². The minimum absolute atomic E-state index is 0.595. The van der Waals surface area contributed by atoms with E-state index in [-0.39, 0.29) is 0 Å². The molecule has 6 heteroatoms. The van der Waals surface area contributed by atoms with Gasteiger partial charge < -0.3 is 10.3 Å². The van der Waals surface area contributed by atoms with E-state index in [0.29, 0.717) is 16.6 Å². The fraction of sp³-hybridized carbons (Fsp3) is 0.231. The molecule has 19 heavy (non-hydrogen) atoms. The average Bonchev–Trinajstić information content (AvgIpc) is 2.92. The molecule has 0 radical (unpaired) electrons. The molecule has 0 aliphatic rings. The number of fused-ring (bicyclic) bond motifs is 1. The number of nitrogens with zero attached hydrogens (tertiary/aromatic N) is 3. The summed E-state index contributed by atoms with van der Waals surface area (Å²) >= 11 is 7.47. The molecule has 0 saturated heterocycles. The molecule has 0 unspecified atom stereocenters. The highest BCUT2D eigenvalue weighted by molar-refractivity contribution is 7.13. The van der Waals surface area contributed by atoms with Crippen molar-refractivity contribution in [1.29, 1.82) is 0 Å². The number of rotatable bonds is 3. The summed E-state index contributed by atoms with van der Waals surface area (Å²) in [6.45, 7) is 2.97. The number of aromatic nitrogens is 3. The summed E-state index contributed by atoms with van der Waals surface area (Å²) in [5, 5.41) is 3.27. The van der Waals surface area contributed by atoms with Crippen molar-refractivity contribution in [2.45, 2.75) is 19.9 Å². The smallest absolute Gasteiger partial charge is 0.180 e. The van der Waals surface area contributed by atoms with E-state index in [9.17, 15) is 0 Å². The van der Waals surface area contributed by atoms with Crippen LogP contribution >= 0.6 is 22.9 Å². The third kappa shape index (κ3) is 2.31. The summed E-state index contributed by atoms with van der Waals surface area (Å²) in [5.74, 6) is 0.991. The maximum absolute atomic E-state index is 6.01. The first kappa shape index (κ1) is 12.4. The monoisotopic (exact) mass is 292 g/mol. The van der Waals surface area contributed by atoms with Crippen LogP contribution in [0.15, 0.2) is 23.6 Å². The van der Waals surface area contributed by atoms with E-state index in [2.05, 4.69) is 21.5 Å². The van der Waals surface area contributed by atoms with Crippen molar-refractivity contribution >= 4 is 39.1 Å². The lowest BCUT2D eigenvalue weighted by Crippen LogP contribution is -2.03. The Hall–Kier alpha value is -1.59. The SMILES string of the molecule is CCn1c(Cc2csc(N)n2)nc2cc(Cl)ccc21. The lowest BCUT2D eigenvalue weighted by atomic mass is 10.3. The van der Waals surface area contributed by atoms with Gasteiger partial charge in [-0.2, -0.15) is 0 Å². The molecule has 1 aromatic carbocycles. The Morgan fingerprint density at radius 1 is 1.37 bits per heavy atom. The van der Waals surface area contributed by atoms with Gasteiger partial charge in [0.25, 0.3) is 0 Å². The van der Waals surface area contributed by atoms with Gasteiger partial charge in [0.2, 0.25) is 0 Å². The van der Waals surface area contributed by atoms with Gasteiger partial charge in [-0.3, -0.25) is 0 Å². The van der Waals surface area contributed by atoms with Gasteiger partial charge in [-0.05, 0) is 25.1 Å². The van der Waals surface area contributed by atoms with Gasteiger partial charge in [0.1, 0.15) is 5.82 Å². The summed E-state index contributed by atoms with van der Waals surface area (Å²) in [6, 6.07) is 5.79. The predicted molar refractivity (Wildman–Crippen MR) is 79.7 cm³/mol. The highest BCUT2D eigenvalue weighted by Crippen LogP contribution is 2.22. The van der Waals surface area contributed by atoms with Gasteiger partial charge in [0.15, 0.2) is 5.13 Å². The number of nitrogens with two attached hydrogens (primary N) is 1. The van der Waals surface area contributed by atoms with E-state index < -0.39 is 0 Å². The molecular formula is C13H13ClN4S. The number of hydrogen-bond donors (Lipinski definition) is 1. The Morgan fingerprint density at radius 3 is 2.89 bits per heavy atom. The van der Waals surface area contributed by atoms with Gasteiger partial charge in [-0.25, -0.2) is 9.97 Å². The van der Waals surface area contributed by atoms with Gasteiger partial charge in [-0.1, -0.05) is 11.6 Å². The predicted octanol–water partition coefficient (Wildman–Crippen LogP) is 3.34. The molecular weight excluding hydrogens is 280 g/mol. The summed E-state index contributed by atoms with van der Waals surface area (Å²) in [5.41, 5.74) is 8.64. The van der Waals surface area contributed by atoms with Crippen LogP contribution in [0.1, 0.15) is 18.4 Å². The van der Waals surface area contributed by atoms with Crippen molar-refractivity contribution in [3.63, 3.8) is 0 Å². The zero-order valence-corrected chi connectivity index (χ0v) is 12.0. The molecule has 0 saturated carbocycles. The number of benzene rings is 1. The minimum atomic E-state index is 0.595. The van der Waals surface area contributed by atoms with E-state index >= 15 is 0 Å². The molecule has 0 atom stereocenters. The normalized spacial score (nSPS) is 11.3. The molecule has 2 N–H and O–H groups in total. The Labute approximate surface area is 119 Å². The van der Waals surface area contributed by atoms with Crippen molar-refractivity contribution in [1.82, 2.24) is 14.5 Å². The highest BCUT2D eigenvalue weighted by atomic mass is 35.5. The zero-order valence-electron chi connectivity index (χ0n) is 10.4. The number of anilines is 1. The maximum Gasteiger partial charge on any atom is 0.180 e. The molecule has 4 nitrogen and oxygen atoms in total. The van der Waals surface area contributed by atoms with Gasteiger partial charge in [0.05, 0.1) is 16.7 Å². The van der Waals surface area contributed by atoms with E-state index in [4.69, 9.17) is 17.3 Å². The number of imidazole rings is 1. The number of nitrogen functional groups attached to an aromatic ring is 1. The van der Waals surface area contributed by atoms with Gasteiger partial charge in [0, 0.05) is 23.4 Å². The maximum atomic E-state index is 6.01. The summed E-state index contributed by atoms with van der Waals surface area (Å²) in [6.07, 6.45) is 0.688. The van der Waals surface area contributed by atoms with E-state index in [1.165, 1.54) is 11.3 Å². The van der Waals surface area contributed by atoms with Gasteiger partial charge in [-0.15, -0.1) is 11.3 Å². The zero-order chi connectivity index (χ0) is 13.4. The molecule has 3 aromatic rings. The second kappa shape index (κ2) is 4.83. The second-order valence-corrected chi connectivity index (χ2v) is 5.59. The van der Waals surface area contributed by atoms with E-state index in [1.807, 2.05) is 23.6 Å². The third-order valence-corrected chi connectivity index (χ3v) is 3.97. The topological polar surface area (TPSA) is 56.7 Å². The standard InChI is InChI=1S/C13H13ClN4S/c1-2-18-11-4-3-8(14)5-10(11)17-12(18)6-9-7-19-13(15)16-9/h3-5,7H,2,6H2,1H3,(H2,15,16). The molecule has 0 amide bonds. The summed E-state index contributed by atoms with van der Waals surface area (Å²) in [4.78, 5) is 8.94. The van der Waals surface area contributed by atoms with Gasteiger partial charge >= 0.3 is 0 Å². The average molecular weight is 293 g/mol. The lowest BCUT2D eigenvalue weighted by molar-refractivity contribution is 0.730. The first-order valence-corrected chi connectivity index (χ1v) is 7.27. The molecule has 98 valence electrons. The fourth-order valence-corrected chi connectivity index (χ4v) is 2.94. The second-order valence-electron chi connectivity index (χ2n) is 4.26. The molecule has 2 aromatic heterocycles. The number of thiazole rings is 1. The Balaban J connectivity index is 2.07. The van der Waals surface area contributed by atoms with Crippen LogP contribution in [0.3, 0.4) is 0 Å². The van der Waals surface area contributed by atoms with Crippen LogP contribution in [0.25, 0.3) is 11.0 Å². The highest BCUT2D eigenvalue weighted by Gasteiger charge is 2.11. The van der Waals surface area contributed by atoms with Crippen LogP contribution in [-0.2, 0) is 13.0 Å². The van der Waals surface area contributed by atoms with Crippen molar-refractivity contribution in [2.24, 2.45) is 0 Å². The quantitative estimate of drug-likeness (QED) is 0.805. The third-order valence-electron chi connectivity index (χ3n) is 3.01. The van der Waals surface area contributed by atoms with Crippen LogP contribution < -0.4 is 5.73 Å². The Bertz CT molecular complexity index is 731. The minimum Gasteiger partial charge on any atom is -0.375 e. The summed E-state index contributed by atoms with van der Waals surface area (Å²) < 4.78 is 2.18. The number of hydrogen-bond acceptors (Lipinski definition) is 4. The molecule has 0 spiro atoms. The van der Waals surface area contributed by atoms with Crippen LogP contribution in [0.4, 0.5) is 5.13 Å². The van der Waals surface area contributed by atoms with Crippen LogP contribution in [0.2, 0.25) is 5.02 Å². The fourth-order valence-electron chi connectivity index (χ4n) is 2.21. The first-order valence-electron chi connectivity index (χ1n) is 6.02. The Kier molecular flexibility index (Phi) is 3.16. The van der Waals surface area contributed by atoms with Crippen molar-refractivity contribution in [3.8, 4) is 0 Å². The number of halogens is 1. The lowest BCUT2D eigenvalue weighted by Gasteiger charge is -2.04. The molecule has 0 aliphatic carbocycles.